The topological polar surface area (TPSA) is 75.0 Å². The molecule has 3 aromatic carbocycles. The van der Waals surface area contributed by atoms with Gasteiger partial charge in [0.2, 0.25) is 11.2 Å². The van der Waals surface area contributed by atoms with E-state index < -0.39 is 0 Å². The molecule has 0 fully saturated rings. The van der Waals surface area contributed by atoms with Crippen LogP contribution in [0.25, 0.3) is 11.0 Å². The van der Waals surface area contributed by atoms with Crippen molar-refractivity contribution in [3.8, 4) is 23.0 Å². The molecular weight excluding hydrogens is 432 g/mol. The van der Waals surface area contributed by atoms with Crippen molar-refractivity contribution < 1.29 is 23.4 Å². The molecule has 6 nitrogen and oxygen atoms in total. The molecule has 4 aromatic rings. The quantitative estimate of drug-likeness (QED) is 0.168. The molecule has 0 aliphatic carbocycles. The Morgan fingerprint density at radius 1 is 0.941 bits per heavy atom. The predicted octanol–water partition coefficient (Wildman–Crippen LogP) is 6.22. The van der Waals surface area contributed by atoms with Crippen molar-refractivity contribution in [3.05, 3.63) is 94.3 Å². The smallest absolute Gasteiger partial charge is 0.311 e. The number of benzene rings is 3. The van der Waals surface area contributed by atoms with E-state index in [9.17, 15) is 9.59 Å². The third-order valence-corrected chi connectivity index (χ3v) is 5.33. The zero-order valence-electron chi connectivity index (χ0n) is 19.2. The number of carbonyl (C=O) groups is 1. The van der Waals surface area contributed by atoms with Gasteiger partial charge in [0.1, 0.15) is 29.1 Å². The van der Waals surface area contributed by atoms with Crippen LogP contribution >= 0.6 is 0 Å². The first-order chi connectivity index (χ1) is 16.5. The van der Waals surface area contributed by atoms with Gasteiger partial charge in [0.25, 0.3) is 0 Å². The average molecular weight is 459 g/mol. The summed E-state index contributed by atoms with van der Waals surface area (Å²) in [5, 5.41) is 0.345. The monoisotopic (exact) mass is 458 g/mol. The molecule has 4 rings (SSSR count). The van der Waals surface area contributed by atoms with Gasteiger partial charge in [0.15, 0.2) is 0 Å². The summed E-state index contributed by atoms with van der Waals surface area (Å²) in [6.07, 6.45) is 2.79. The average Bonchev–Trinajstić information content (AvgIpc) is 2.85. The van der Waals surface area contributed by atoms with Gasteiger partial charge in [-0.2, -0.15) is 0 Å². The Labute approximate surface area is 197 Å². The fourth-order valence-corrected chi connectivity index (χ4v) is 3.46. The summed E-state index contributed by atoms with van der Waals surface area (Å²) < 4.78 is 22.5. The molecule has 0 aliphatic heterocycles. The highest BCUT2D eigenvalue weighted by Gasteiger charge is 2.13. The van der Waals surface area contributed by atoms with Crippen LogP contribution in [-0.4, -0.2) is 12.6 Å². The molecule has 1 heterocycles. The highest BCUT2D eigenvalue weighted by atomic mass is 16.5. The van der Waals surface area contributed by atoms with Gasteiger partial charge in [-0.05, 0) is 55.7 Å². The lowest BCUT2D eigenvalue weighted by molar-refractivity contribution is -0.134. The second-order valence-corrected chi connectivity index (χ2v) is 7.89. The molecule has 0 bridgehead atoms. The number of aryl methyl sites for hydroxylation is 2. The van der Waals surface area contributed by atoms with Crippen LogP contribution in [0.2, 0.25) is 0 Å². The number of fused-ring (bicyclic) bond motifs is 1. The van der Waals surface area contributed by atoms with E-state index in [0.29, 0.717) is 35.5 Å². The fourth-order valence-electron chi connectivity index (χ4n) is 3.46. The molecule has 174 valence electrons. The molecular formula is C28H26O6. The summed E-state index contributed by atoms with van der Waals surface area (Å²) >= 11 is 0. The highest BCUT2D eigenvalue weighted by molar-refractivity contribution is 5.80. The van der Waals surface area contributed by atoms with Gasteiger partial charge >= 0.3 is 5.97 Å². The number of hydrogen-bond donors (Lipinski definition) is 0. The van der Waals surface area contributed by atoms with Gasteiger partial charge in [-0.15, -0.1) is 0 Å². The van der Waals surface area contributed by atoms with Crippen molar-refractivity contribution in [2.75, 3.05) is 6.61 Å². The van der Waals surface area contributed by atoms with E-state index in [-0.39, 0.29) is 23.6 Å². The van der Waals surface area contributed by atoms with Crippen molar-refractivity contribution in [2.24, 2.45) is 0 Å². The standard InChI is InChI=1S/C28H26O6/c1-3-20-7-4-5-8-24(20)34-26-18-32-25-17-22(14-15-23(25)28(26)30)33-27(29)9-6-16-31-21-12-10-19(2)11-13-21/h4-5,7-8,10-15,17-18H,3,6,9,16H2,1-2H3. The van der Waals surface area contributed by atoms with Gasteiger partial charge in [-0.3, -0.25) is 9.59 Å². The highest BCUT2D eigenvalue weighted by Crippen LogP contribution is 2.26. The van der Waals surface area contributed by atoms with E-state index in [4.69, 9.17) is 18.6 Å². The van der Waals surface area contributed by atoms with E-state index in [1.807, 2.05) is 62.4 Å². The first-order valence-electron chi connectivity index (χ1n) is 11.2. The minimum Gasteiger partial charge on any atom is -0.494 e. The van der Waals surface area contributed by atoms with Crippen LogP contribution in [0.15, 0.2) is 82.2 Å². The number of esters is 1. The van der Waals surface area contributed by atoms with E-state index in [1.54, 1.807) is 12.1 Å². The molecule has 0 N–H and O–H groups in total. The minimum atomic E-state index is -0.384. The maximum atomic E-state index is 12.9. The van der Waals surface area contributed by atoms with Crippen LogP contribution in [0.4, 0.5) is 0 Å². The lowest BCUT2D eigenvalue weighted by atomic mass is 10.1. The Hall–Kier alpha value is -4.06. The first-order valence-corrected chi connectivity index (χ1v) is 11.2. The first kappa shape index (κ1) is 23.1. The van der Waals surface area contributed by atoms with Gasteiger partial charge < -0.3 is 18.6 Å². The summed E-state index contributed by atoms with van der Waals surface area (Å²) in [6, 6.07) is 20.0. The Morgan fingerprint density at radius 3 is 2.50 bits per heavy atom. The summed E-state index contributed by atoms with van der Waals surface area (Å²) in [6.45, 7) is 4.44. The maximum absolute atomic E-state index is 12.9. The van der Waals surface area contributed by atoms with Crippen LogP contribution < -0.4 is 19.6 Å². The van der Waals surface area contributed by atoms with E-state index in [1.165, 1.54) is 12.3 Å². The Morgan fingerprint density at radius 2 is 1.71 bits per heavy atom. The molecule has 6 heteroatoms. The molecule has 0 unspecified atom stereocenters. The summed E-state index contributed by atoms with van der Waals surface area (Å²) in [7, 11) is 0. The van der Waals surface area contributed by atoms with Crippen LogP contribution in [0.5, 0.6) is 23.0 Å². The number of para-hydroxylation sites is 1. The van der Waals surface area contributed by atoms with Gasteiger partial charge in [-0.25, -0.2) is 0 Å². The van der Waals surface area contributed by atoms with Crippen molar-refractivity contribution in [2.45, 2.75) is 33.1 Å². The van der Waals surface area contributed by atoms with Crippen LogP contribution in [0.3, 0.4) is 0 Å². The van der Waals surface area contributed by atoms with E-state index in [0.717, 1.165) is 23.3 Å². The van der Waals surface area contributed by atoms with Crippen molar-refractivity contribution in [1.82, 2.24) is 0 Å². The van der Waals surface area contributed by atoms with Crippen LogP contribution in [0, 0.1) is 6.92 Å². The molecule has 0 atom stereocenters. The molecule has 1 aromatic heterocycles. The number of ether oxygens (including phenoxy) is 3. The lowest BCUT2D eigenvalue weighted by Gasteiger charge is -2.10. The number of carbonyl (C=O) groups excluding carboxylic acids is 1. The Bertz CT molecular complexity index is 1340. The normalized spacial score (nSPS) is 10.8. The fraction of sp³-hybridized carbons (Fsp3) is 0.214. The third kappa shape index (κ3) is 5.64. The maximum Gasteiger partial charge on any atom is 0.311 e. The number of rotatable bonds is 9. The van der Waals surface area contributed by atoms with Gasteiger partial charge in [-0.1, -0.05) is 42.8 Å². The summed E-state index contributed by atoms with van der Waals surface area (Å²) in [5.41, 5.74) is 2.17. The SMILES string of the molecule is CCc1ccccc1Oc1coc2cc(OC(=O)CCCOc3ccc(C)cc3)ccc2c1=O. The Balaban J connectivity index is 1.36. The summed E-state index contributed by atoms with van der Waals surface area (Å²) in [5.74, 6) is 1.42. The molecule has 0 radical (unpaired) electrons. The minimum absolute atomic E-state index is 0.103. The van der Waals surface area contributed by atoms with Crippen molar-refractivity contribution in [1.29, 1.82) is 0 Å². The molecule has 0 saturated carbocycles. The van der Waals surface area contributed by atoms with Gasteiger partial charge in [0, 0.05) is 12.5 Å². The zero-order valence-corrected chi connectivity index (χ0v) is 19.2. The molecule has 34 heavy (non-hydrogen) atoms. The van der Waals surface area contributed by atoms with Crippen molar-refractivity contribution in [3.63, 3.8) is 0 Å². The largest absolute Gasteiger partial charge is 0.494 e. The zero-order chi connectivity index (χ0) is 23.9. The van der Waals surface area contributed by atoms with E-state index in [2.05, 4.69) is 0 Å². The predicted molar refractivity (Wildman–Crippen MR) is 130 cm³/mol. The van der Waals surface area contributed by atoms with Gasteiger partial charge in [0.05, 0.1) is 12.0 Å². The second-order valence-electron chi connectivity index (χ2n) is 7.89. The second kappa shape index (κ2) is 10.7. The number of hydrogen-bond acceptors (Lipinski definition) is 6. The van der Waals surface area contributed by atoms with Crippen molar-refractivity contribution >= 4 is 16.9 Å². The third-order valence-electron chi connectivity index (χ3n) is 5.33. The summed E-state index contributed by atoms with van der Waals surface area (Å²) in [4.78, 5) is 25.1. The molecule has 0 aliphatic rings. The lowest BCUT2D eigenvalue weighted by Crippen LogP contribution is -2.10. The molecule has 0 spiro atoms. The molecule has 0 amide bonds. The van der Waals surface area contributed by atoms with Crippen LogP contribution in [0.1, 0.15) is 30.9 Å². The van der Waals surface area contributed by atoms with E-state index >= 15 is 0 Å². The van der Waals surface area contributed by atoms with Crippen LogP contribution in [-0.2, 0) is 11.2 Å². The Kier molecular flexibility index (Phi) is 7.28. The molecule has 0 saturated heterocycles.